The molecule has 2 aliphatic rings. The maximum absolute atomic E-state index is 3.77. The van der Waals surface area contributed by atoms with Crippen LogP contribution in [-0.2, 0) is 0 Å². The lowest BCUT2D eigenvalue weighted by Crippen LogP contribution is -2.46. The molecule has 0 aromatic rings. The summed E-state index contributed by atoms with van der Waals surface area (Å²) in [5.74, 6) is 0.945. The first-order valence-electron chi connectivity index (χ1n) is 8.92. The van der Waals surface area contributed by atoms with Gasteiger partial charge >= 0.3 is 0 Å². The van der Waals surface area contributed by atoms with E-state index in [1.54, 1.807) is 0 Å². The molecule has 2 atom stereocenters. The summed E-state index contributed by atoms with van der Waals surface area (Å²) >= 11 is 0. The highest BCUT2D eigenvalue weighted by molar-refractivity contribution is 4.80. The van der Waals surface area contributed by atoms with Crippen LogP contribution in [0.4, 0.5) is 0 Å². The molecule has 118 valence electrons. The molecule has 0 aliphatic carbocycles. The van der Waals surface area contributed by atoms with Gasteiger partial charge in [0.25, 0.3) is 0 Å². The second-order valence-electron chi connectivity index (χ2n) is 6.93. The number of nitrogens with one attached hydrogen (secondary N) is 1. The molecule has 3 heteroatoms. The van der Waals surface area contributed by atoms with E-state index < -0.39 is 0 Å². The third kappa shape index (κ3) is 5.01. The highest BCUT2D eigenvalue weighted by Gasteiger charge is 2.23. The van der Waals surface area contributed by atoms with E-state index in [4.69, 9.17) is 0 Å². The van der Waals surface area contributed by atoms with Crippen LogP contribution in [0.5, 0.6) is 0 Å². The van der Waals surface area contributed by atoms with Crippen LogP contribution in [-0.4, -0.2) is 61.2 Å². The van der Waals surface area contributed by atoms with Crippen molar-refractivity contribution in [2.24, 2.45) is 5.92 Å². The minimum atomic E-state index is 0.685. The van der Waals surface area contributed by atoms with Crippen LogP contribution in [0.25, 0.3) is 0 Å². The van der Waals surface area contributed by atoms with Crippen molar-refractivity contribution in [3.05, 3.63) is 0 Å². The number of piperidine rings is 1. The predicted molar refractivity (Wildman–Crippen MR) is 87.2 cm³/mol. The molecular formula is C17H35N3. The molecule has 2 rings (SSSR count). The van der Waals surface area contributed by atoms with Crippen molar-refractivity contribution in [2.75, 3.05) is 39.3 Å². The van der Waals surface area contributed by atoms with Gasteiger partial charge in [-0.05, 0) is 77.7 Å². The lowest BCUT2D eigenvalue weighted by molar-refractivity contribution is 0.134. The monoisotopic (exact) mass is 281 g/mol. The van der Waals surface area contributed by atoms with E-state index in [1.165, 1.54) is 71.4 Å². The van der Waals surface area contributed by atoms with Gasteiger partial charge in [0, 0.05) is 18.6 Å². The van der Waals surface area contributed by atoms with E-state index in [1.807, 2.05) is 0 Å². The minimum absolute atomic E-state index is 0.685. The van der Waals surface area contributed by atoms with Crippen molar-refractivity contribution < 1.29 is 0 Å². The lowest BCUT2D eigenvalue weighted by atomic mass is 9.95. The quantitative estimate of drug-likeness (QED) is 0.854. The molecule has 2 heterocycles. The third-order valence-corrected chi connectivity index (χ3v) is 5.36. The minimum Gasteiger partial charge on any atom is -0.311 e. The normalized spacial score (nSPS) is 31.9. The van der Waals surface area contributed by atoms with Crippen LogP contribution in [0.2, 0.25) is 0 Å². The summed E-state index contributed by atoms with van der Waals surface area (Å²) in [6.45, 7) is 14.8. The zero-order valence-electron chi connectivity index (χ0n) is 13.9. The van der Waals surface area contributed by atoms with Gasteiger partial charge in [-0.1, -0.05) is 13.8 Å². The molecule has 0 saturated carbocycles. The third-order valence-electron chi connectivity index (χ3n) is 5.36. The Balaban J connectivity index is 1.76. The van der Waals surface area contributed by atoms with Gasteiger partial charge in [-0.15, -0.1) is 0 Å². The maximum atomic E-state index is 3.77. The van der Waals surface area contributed by atoms with E-state index >= 15 is 0 Å². The Hall–Kier alpha value is -0.120. The van der Waals surface area contributed by atoms with E-state index in [0.717, 1.165) is 12.0 Å². The van der Waals surface area contributed by atoms with Crippen molar-refractivity contribution in [2.45, 2.75) is 65.0 Å². The Morgan fingerprint density at radius 3 is 2.20 bits per heavy atom. The van der Waals surface area contributed by atoms with Crippen LogP contribution < -0.4 is 5.32 Å². The molecule has 3 nitrogen and oxygen atoms in total. The summed E-state index contributed by atoms with van der Waals surface area (Å²) in [7, 11) is 0. The largest absolute Gasteiger partial charge is 0.311 e. The first kappa shape index (κ1) is 16.3. The lowest BCUT2D eigenvalue weighted by Gasteiger charge is -2.37. The average Bonchev–Trinajstić information content (AvgIpc) is 2.47. The van der Waals surface area contributed by atoms with Crippen molar-refractivity contribution in [1.82, 2.24) is 15.1 Å². The number of hydrogen-bond acceptors (Lipinski definition) is 3. The van der Waals surface area contributed by atoms with Gasteiger partial charge in [-0.2, -0.15) is 0 Å². The molecule has 0 amide bonds. The van der Waals surface area contributed by atoms with Crippen molar-refractivity contribution in [3.8, 4) is 0 Å². The Kier molecular flexibility index (Phi) is 6.79. The molecule has 0 spiro atoms. The van der Waals surface area contributed by atoms with Crippen molar-refractivity contribution >= 4 is 0 Å². The molecule has 0 aromatic heterocycles. The van der Waals surface area contributed by atoms with Gasteiger partial charge in [-0.3, -0.25) is 0 Å². The van der Waals surface area contributed by atoms with Crippen LogP contribution in [0.15, 0.2) is 0 Å². The molecule has 2 aliphatic heterocycles. The van der Waals surface area contributed by atoms with E-state index in [0.29, 0.717) is 6.04 Å². The Bertz CT molecular complexity index is 261. The van der Waals surface area contributed by atoms with E-state index in [-0.39, 0.29) is 0 Å². The summed E-state index contributed by atoms with van der Waals surface area (Å²) < 4.78 is 0. The highest BCUT2D eigenvalue weighted by Crippen LogP contribution is 2.19. The standard InChI is InChI=1S/C17H35N3/c1-4-17-9-13-20(10-6-15(3)18-17)14-16-7-11-19(5-2)12-8-16/h15-18H,4-14H2,1-3H3. The second-order valence-corrected chi connectivity index (χ2v) is 6.93. The van der Waals surface area contributed by atoms with E-state index in [9.17, 15) is 0 Å². The van der Waals surface area contributed by atoms with Gasteiger partial charge in [0.2, 0.25) is 0 Å². The van der Waals surface area contributed by atoms with Crippen molar-refractivity contribution in [1.29, 1.82) is 0 Å². The van der Waals surface area contributed by atoms with Crippen LogP contribution in [0.3, 0.4) is 0 Å². The molecule has 1 N–H and O–H groups in total. The van der Waals surface area contributed by atoms with Crippen LogP contribution >= 0.6 is 0 Å². The fourth-order valence-electron chi connectivity index (χ4n) is 3.75. The van der Waals surface area contributed by atoms with Crippen LogP contribution in [0.1, 0.15) is 52.9 Å². The molecule has 0 radical (unpaired) electrons. The first-order chi connectivity index (χ1) is 9.71. The summed E-state index contributed by atoms with van der Waals surface area (Å²) in [6.07, 6.45) is 6.73. The maximum Gasteiger partial charge on any atom is 0.00790 e. The molecule has 2 unspecified atom stereocenters. The number of hydrogen-bond donors (Lipinski definition) is 1. The summed E-state index contributed by atoms with van der Waals surface area (Å²) in [5, 5.41) is 3.77. The fraction of sp³-hybridized carbons (Fsp3) is 1.00. The van der Waals surface area contributed by atoms with Crippen LogP contribution in [0, 0.1) is 5.92 Å². The van der Waals surface area contributed by atoms with Gasteiger partial charge in [0.15, 0.2) is 0 Å². The predicted octanol–water partition coefficient (Wildman–Crippen LogP) is 2.57. The zero-order chi connectivity index (χ0) is 14.4. The molecule has 2 saturated heterocycles. The molecule has 0 aromatic carbocycles. The smallest absolute Gasteiger partial charge is 0.00790 e. The van der Waals surface area contributed by atoms with Gasteiger partial charge in [0.1, 0.15) is 0 Å². The molecule has 20 heavy (non-hydrogen) atoms. The SMILES string of the molecule is CCC1CCN(CC2CCN(CC)CC2)CCC(C)N1. The Labute approximate surface area is 126 Å². The zero-order valence-corrected chi connectivity index (χ0v) is 13.9. The second kappa shape index (κ2) is 8.35. The summed E-state index contributed by atoms with van der Waals surface area (Å²) in [5.41, 5.74) is 0. The Morgan fingerprint density at radius 1 is 0.900 bits per heavy atom. The summed E-state index contributed by atoms with van der Waals surface area (Å²) in [6, 6.07) is 1.42. The topological polar surface area (TPSA) is 18.5 Å². The number of nitrogens with zero attached hydrogens (tertiary/aromatic N) is 2. The van der Waals surface area contributed by atoms with E-state index in [2.05, 4.69) is 35.9 Å². The fourth-order valence-corrected chi connectivity index (χ4v) is 3.75. The highest BCUT2D eigenvalue weighted by atomic mass is 15.2. The van der Waals surface area contributed by atoms with Gasteiger partial charge in [-0.25, -0.2) is 0 Å². The number of rotatable bonds is 4. The van der Waals surface area contributed by atoms with Gasteiger partial charge in [0.05, 0.1) is 0 Å². The Morgan fingerprint density at radius 2 is 1.55 bits per heavy atom. The first-order valence-corrected chi connectivity index (χ1v) is 8.92. The summed E-state index contributed by atoms with van der Waals surface area (Å²) in [4.78, 5) is 5.36. The molecular weight excluding hydrogens is 246 g/mol. The number of likely N-dealkylation sites (tertiary alicyclic amines) is 1. The van der Waals surface area contributed by atoms with Crippen molar-refractivity contribution in [3.63, 3.8) is 0 Å². The molecule has 2 fully saturated rings. The average molecular weight is 281 g/mol. The van der Waals surface area contributed by atoms with Gasteiger partial charge < -0.3 is 15.1 Å². The molecule has 0 bridgehead atoms.